The molecule has 0 atom stereocenters. The molecule has 7 heteroatoms. The van der Waals surface area contributed by atoms with Crippen LogP contribution < -0.4 is 10.2 Å². The Labute approximate surface area is 146 Å². The molecule has 0 aliphatic carbocycles. The molecule has 1 amide bonds. The average Bonchev–Trinajstić information content (AvgIpc) is 3.04. The molecule has 130 valence electrons. The normalized spacial score (nSPS) is 10.8. The Balaban J connectivity index is 1.78. The van der Waals surface area contributed by atoms with Crippen LogP contribution in [0.5, 0.6) is 0 Å². The molecule has 3 aromatic rings. The molecule has 0 fully saturated rings. The van der Waals surface area contributed by atoms with Crippen molar-refractivity contribution < 1.29 is 4.79 Å². The zero-order valence-electron chi connectivity index (χ0n) is 14.7. The standard InChI is InChI=1S/C18H22N6O/c1-4-23(5-2)16-14(7-6-8-19-16)10-21-18(25)15-11-22-24-12-13(3)9-20-17(15)24/h6-9,11-12H,4-5,10H2,1-3H3,(H,21,25). The maximum atomic E-state index is 12.6. The van der Waals surface area contributed by atoms with Crippen LogP contribution in [0.15, 0.2) is 36.9 Å². The largest absolute Gasteiger partial charge is 0.357 e. The Morgan fingerprint density at radius 1 is 1.24 bits per heavy atom. The molecule has 25 heavy (non-hydrogen) atoms. The lowest BCUT2D eigenvalue weighted by Crippen LogP contribution is -2.27. The third-order valence-corrected chi connectivity index (χ3v) is 4.10. The van der Waals surface area contributed by atoms with Gasteiger partial charge in [0.15, 0.2) is 5.65 Å². The van der Waals surface area contributed by atoms with Crippen LogP contribution in [0.1, 0.15) is 35.3 Å². The number of nitrogens with one attached hydrogen (secondary N) is 1. The number of fused-ring (bicyclic) bond motifs is 1. The number of carbonyl (C=O) groups excluding carboxylic acids is 1. The summed E-state index contributed by atoms with van der Waals surface area (Å²) in [7, 11) is 0. The van der Waals surface area contributed by atoms with Gasteiger partial charge in [-0.2, -0.15) is 5.10 Å². The number of rotatable bonds is 6. The van der Waals surface area contributed by atoms with E-state index in [0.717, 1.165) is 30.0 Å². The van der Waals surface area contributed by atoms with Gasteiger partial charge in [-0.15, -0.1) is 0 Å². The predicted molar refractivity (Wildman–Crippen MR) is 96.7 cm³/mol. The van der Waals surface area contributed by atoms with Gasteiger partial charge >= 0.3 is 0 Å². The number of pyridine rings is 1. The SMILES string of the molecule is CCN(CC)c1ncccc1CNC(=O)c1cnn2cc(C)cnc12. The van der Waals surface area contributed by atoms with Gasteiger partial charge in [0, 0.05) is 43.8 Å². The molecule has 0 aliphatic heterocycles. The van der Waals surface area contributed by atoms with Crippen molar-refractivity contribution in [1.29, 1.82) is 0 Å². The first-order chi connectivity index (χ1) is 12.1. The van der Waals surface area contributed by atoms with E-state index < -0.39 is 0 Å². The molecular formula is C18H22N6O. The number of aromatic nitrogens is 4. The first kappa shape index (κ1) is 16.9. The second-order valence-electron chi connectivity index (χ2n) is 5.80. The average molecular weight is 338 g/mol. The van der Waals surface area contributed by atoms with Gasteiger partial charge in [0.1, 0.15) is 11.4 Å². The Bertz CT molecular complexity index is 884. The number of amides is 1. The van der Waals surface area contributed by atoms with Gasteiger partial charge < -0.3 is 10.2 Å². The van der Waals surface area contributed by atoms with Crippen molar-refractivity contribution in [2.24, 2.45) is 0 Å². The summed E-state index contributed by atoms with van der Waals surface area (Å²) in [6.07, 6.45) is 6.90. The lowest BCUT2D eigenvalue weighted by molar-refractivity contribution is 0.0952. The van der Waals surface area contributed by atoms with Gasteiger partial charge in [-0.05, 0) is 32.4 Å². The van der Waals surface area contributed by atoms with Crippen LogP contribution in [-0.2, 0) is 6.54 Å². The van der Waals surface area contributed by atoms with Gasteiger partial charge in [-0.1, -0.05) is 6.07 Å². The lowest BCUT2D eigenvalue weighted by Gasteiger charge is -2.22. The fraction of sp³-hybridized carbons (Fsp3) is 0.333. The fourth-order valence-corrected chi connectivity index (χ4v) is 2.78. The van der Waals surface area contributed by atoms with E-state index in [-0.39, 0.29) is 5.91 Å². The van der Waals surface area contributed by atoms with Gasteiger partial charge in [0.05, 0.1) is 6.20 Å². The van der Waals surface area contributed by atoms with Crippen LogP contribution in [-0.4, -0.2) is 38.6 Å². The third kappa shape index (κ3) is 3.45. The van der Waals surface area contributed by atoms with Crippen molar-refractivity contribution in [2.45, 2.75) is 27.3 Å². The Hall–Kier alpha value is -2.96. The Morgan fingerprint density at radius 3 is 2.80 bits per heavy atom. The van der Waals surface area contributed by atoms with E-state index in [2.05, 4.69) is 39.1 Å². The minimum absolute atomic E-state index is 0.194. The van der Waals surface area contributed by atoms with Crippen molar-refractivity contribution in [1.82, 2.24) is 24.9 Å². The summed E-state index contributed by atoms with van der Waals surface area (Å²) < 4.78 is 1.62. The van der Waals surface area contributed by atoms with E-state index in [0.29, 0.717) is 17.8 Å². The molecule has 3 rings (SSSR count). The van der Waals surface area contributed by atoms with E-state index in [1.165, 1.54) is 0 Å². The Kier molecular flexibility index (Phi) is 4.92. The van der Waals surface area contributed by atoms with Crippen molar-refractivity contribution >= 4 is 17.4 Å². The summed E-state index contributed by atoms with van der Waals surface area (Å²) in [6.45, 7) is 8.25. The molecule has 0 spiro atoms. The number of carbonyl (C=O) groups is 1. The highest BCUT2D eigenvalue weighted by Gasteiger charge is 2.15. The van der Waals surface area contributed by atoms with Crippen molar-refractivity contribution in [3.63, 3.8) is 0 Å². The summed E-state index contributed by atoms with van der Waals surface area (Å²) in [6, 6.07) is 3.87. The summed E-state index contributed by atoms with van der Waals surface area (Å²) >= 11 is 0. The minimum Gasteiger partial charge on any atom is -0.357 e. The predicted octanol–water partition coefficient (Wildman–Crippen LogP) is 2.21. The second-order valence-corrected chi connectivity index (χ2v) is 5.80. The molecule has 0 aliphatic rings. The van der Waals surface area contributed by atoms with Crippen LogP contribution in [0, 0.1) is 6.92 Å². The first-order valence-electron chi connectivity index (χ1n) is 8.41. The molecule has 0 radical (unpaired) electrons. The molecule has 3 heterocycles. The van der Waals surface area contributed by atoms with Gasteiger partial charge in [-0.25, -0.2) is 14.5 Å². The number of hydrogen-bond acceptors (Lipinski definition) is 5. The maximum absolute atomic E-state index is 12.6. The van der Waals surface area contributed by atoms with E-state index >= 15 is 0 Å². The van der Waals surface area contributed by atoms with Crippen LogP contribution in [0.2, 0.25) is 0 Å². The van der Waals surface area contributed by atoms with E-state index in [1.807, 2.05) is 25.3 Å². The number of hydrogen-bond donors (Lipinski definition) is 1. The lowest BCUT2D eigenvalue weighted by atomic mass is 10.2. The highest BCUT2D eigenvalue weighted by atomic mass is 16.1. The molecule has 7 nitrogen and oxygen atoms in total. The van der Waals surface area contributed by atoms with Gasteiger partial charge in [0.25, 0.3) is 5.91 Å². The van der Waals surface area contributed by atoms with E-state index in [9.17, 15) is 4.79 Å². The summed E-state index contributed by atoms with van der Waals surface area (Å²) in [5.41, 5.74) is 2.99. The van der Waals surface area contributed by atoms with Gasteiger partial charge in [-0.3, -0.25) is 4.79 Å². The molecule has 0 aromatic carbocycles. The number of nitrogens with zero attached hydrogens (tertiary/aromatic N) is 5. The number of anilines is 1. The van der Waals surface area contributed by atoms with Crippen LogP contribution in [0.3, 0.4) is 0 Å². The smallest absolute Gasteiger partial charge is 0.257 e. The number of aryl methyl sites for hydroxylation is 1. The zero-order chi connectivity index (χ0) is 17.8. The minimum atomic E-state index is -0.194. The molecular weight excluding hydrogens is 316 g/mol. The molecule has 1 N–H and O–H groups in total. The maximum Gasteiger partial charge on any atom is 0.257 e. The van der Waals surface area contributed by atoms with Crippen molar-refractivity contribution in [3.05, 3.63) is 53.6 Å². The molecule has 0 unspecified atom stereocenters. The molecule has 0 bridgehead atoms. The highest BCUT2D eigenvalue weighted by molar-refractivity contribution is 5.99. The van der Waals surface area contributed by atoms with Crippen molar-refractivity contribution in [2.75, 3.05) is 18.0 Å². The summed E-state index contributed by atoms with van der Waals surface area (Å²) in [5, 5.41) is 7.15. The van der Waals surface area contributed by atoms with Crippen LogP contribution >= 0.6 is 0 Å². The molecule has 3 aromatic heterocycles. The Morgan fingerprint density at radius 2 is 2.04 bits per heavy atom. The first-order valence-corrected chi connectivity index (χ1v) is 8.41. The fourth-order valence-electron chi connectivity index (χ4n) is 2.78. The van der Waals surface area contributed by atoms with E-state index in [4.69, 9.17) is 0 Å². The summed E-state index contributed by atoms with van der Waals surface area (Å²) in [5.74, 6) is 0.710. The van der Waals surface area contributed by atoms with E-state index in [1.54, 1.807) is 23.1 Å². The molecule has 0 saturated carbocycles. The third-order valence-electron chi connectivity index (χ3n) is 4.10. The summed E-state index contributed by atoms with van der Waals surface area (Å²) in [4.78, 5) is 23.5. The second kappa shape index (κ2) is 7.29. The van der Waals surface area contributed by atoms with Crippen molar-refractivity contribution in [3.8, 4) is 0 Å². The quantitative estimate of drug-likeness (QED) is 0.746. The van der Waals surface area contributed by atoms with Crippen LogP contribution in [0.4, 0.5) is 5.82 Å². The highest BCUT2D eigenvalue weighted by Crippen LogP contribution is 2.17. The van der Waals surface area contributed by atoms with Gasteiger partial charge in [0.2, 0.25) is 0 Å². The topological polar surface area (TPSA) is 75.4 Å². The zero-order valence-corrected chi connectivity index (χ0v) is 14.7. The van der Waals surface area contributed by atoms with Crippen LogP contribution in [0.25, 0.3) is 5.65 Å². The molecule has 0 saturated heterocycles. The monoisotopic (exact) mass is 338 g/mol.